The van der Waals surface area contributed by atoms with Gasteiger partial charge in [-0.25, -0.2) is 0 Å². The fourth-order valence-corrected chi connectivity index (χ4v) is 2.62. The van der Waals surface area contributed by atoms with E-state index in [9.17, 15) is 9.59 Å². The molecule has 0 saturated carbocycles. The van der Waals surface area contributed by atoms with Gasteiger partial charge in [-0.1, -0.05) is 12.1 Å². The number of aromatic amines is 1. The molecule has 1 amide bonds. The number of aromatic nitrogens is 1. The molecular formula is C17H24N3O2+. The molecule has 0 unspecified atom stereocenters. The Morgan fingerprint density at radius 2 is 2.00 bits per heavy atom. The van der Waals surface area contributed by atoms with Crippen molar-refractivity contribution in [3.8, 4) is 0 Å². The maximum Gasteiger partial charge on any atom is 0.256 e. The van der Waals surface area contributed by atoms with Gasteiger partial charge in [0.25, 0.3) is 5.91 Å². The Morgan fingerprint density at radius 3 is 2.68 bits per heavy atom. The van der Waals surface area contributed by atoms with Crippen molar-refractivity contribution in [1.29, 1.82) is 0 Å². The summed E-state index contributed by atoms with van der Waals surface area (Å²) in [7, 11) is 0. The van der Waals surface area contributed by atoms with Gasteiger partial charge in [0.1, 0.15) is 5.56 Å². The summed E-state index contributed by atoms with van der Waals surface area (Å²) in [5.41, 5.74) is 1.74. The van der Waals surface area contributed by atoms with Gasteiger partial charge in [0.15, 0.2) is 0 Å². The van der Waals surface area contributed by atoms with Crippen molar-refractivity contribution in [2.45, 2.75) is 20.8 Å². The van der Waals surface area contributed by atoms with Crippen LogP contribution >= 0.6 is 0 Å². The van der Waals surface area contributed by atoms with Crippen molar-refractivity contribution in [2.24, 2.45) is 0 Å². The molecule has 0 aliphatic rings. The first-order valence-corrected chi connectivity index (χ1v) is 7.81. The normalized spacial score (nSPS) is 11.1. The Labute approximate surface area is 130 Å². The molecule has 0 bridgehead atoms. The maximum absolute atomic E-state index is 12.4. The van der Waals surface area contributed by atoms with Crippen LogP contribution in [0.25, 0.3) is 10.9 Å². The van der Waals surface area contributed by atoms with Gasteiger partial charge in [-0.15, -0.1) is 0 Å². The van der Waals surface area contributed by atoms with Gasteiger partial charge in [-0.05, 0) is 32.4 Å². The van der Waals surface area contributed by atoms with Crippen LogP contribution in [0.3, 0.4) is 0 Å². The van der Waals surface area contributed by atoms with E-state index >= 15 is 0 Å². The van der Waals surface area contributed by atoms with Crippen LogP contribution in [0, 0.1) is 6.92 Å². The molecule has 0 spiro atoms. The number of quaternary nitrogens is 1. The number of pyridine rings is 1. The standard InChI is InChI=1S/C17H23N3O2/c1-4-20(5-2)10-9-18-17(22)14-11-19-15-12(3)7-6-8-13(15)16(14)21/h6-8,11H,4-5,9-10H2,1-3H3,(H,18,22)(H,19,21)/p+1. The predicted octanol–water partition coefficient (Wildman–Crippen LogP) is 0.491. The van der Waals surface area contributed by atoms with Gasteiger partial charge in [0.2, 0.25) is 5.43 Å². The van der Waals surface area contributed by atoms with Crippen LogP contribution in [0.15, 0.2) is 29.2 Å². The largest absolute Gasteiger partial charge is 0.360 e. The number of nitrogens with one attached hydrogen (secondary N) is 3. The van der Waals surface area contributed by atoms with Crippen molar-refractivity contribution in [3.63, 3.8) is 0 Å². The molecule has 3 N–H and O–H groups in total. The van der Waals surface area contributed by atoms with Gasteiger partial charge in [0, 0.05) is 11.6 Å². The van der Waals surface area contributed by atoms with E-state index in [2.05, 4.69) is 24.1 Å². The number of aryl methyl sites for hydroxylation is 1. The molecule has 2 aromatic rings. The maximum atomic E-state index is 12.4. The SMILES string of the molecule is CC[NH+](CC)CCNC(=O)c1c[nH]c2c(C)cccc2c1=O. The Kier molecular flexibility index (Phi) is 5.33. The minimum absolute atomic E-state index is 0.174. The van der Waals surface area contributed by atoms with E-state index < -0.39 is 0 Å². The van der Waals surface area contributed by atoms with E-state index in [1.54, 1.807) is 6.07 Å². The highest BCUT2D eigenvalue weighted by atomic mass is 16.2. The van der Waals surface area contributed by atoms with E-state index in [0.717, 1.165) is 30.7 Å². The topological polar surface area (TPSA) is 66.4 Å². The van der Waals surface area contributed by atoms with Gasteiger partial charge in [-0.3, -0.25) is 9.59 Å². The molecule has 118 valence electrons. The third-order valence-corrected chi connectivity index (χ3v) is 4.13. The summed E-state index contributed by atoms with van der Waals surface area (Å²) in [6.45, 7) is 9.67. The first kappa shape index (κ1) is 16.2. The molecular weight excluding hydrogens is 278 g/mol. The van der Waals surface area contributed by atoms with Gasteiger partial charge in [0.05, 0.1) is 31.7 Å². The van der Waals surface area contributed by atoms with Crippen LogP contribution in [0.5, 0.6) is 0 Å². The number of amides is 1. The minimum Gasteiger partial charge on any atom is -0.360 e. The van der Waals surface area contributed by atoms with Crippen LogP contribution in [0.2, 0.25) is 0 Å². The third-order valence-electron chi connectivity index (χ3n) is 4.13. The zero-order chi connectivity index (χ0) is 16.1. The average Bonchev–Trinajstić information content (AvgIpc) is 2.52. The second-order valence-electron chi connectivity index (χ2n) is 5.49. The van der Waals surface area contributed by atoms with E-state index in [-0.39, 0.29) is 16.9 Å². The lowest BCUT2D eigenvalue weighted by Crippen LogP contribution is -3.12. The molecule has 0 aliphatic heterocycles. The summed E-state index contributed by atoms with van der Waals surface area (Å²) < 4.78 is 0. The smallest absolute Gasteiger partial charge is 0.256 e. The number of carbonyl (C=O) groups excluding carboxylic acids is 1. The molecule has 0 radical (unpaired) electrons. The third kappa shape index (κ3) is 3.36. The molecule has 0 saturated heterocycles. The highest BCUT2D eigenvalue weighted by molar-refractivity contribution is 5.97. The summed E-state index contributed by atoms with van der Waals surface area (Å²) in [5.74, 6) is -0.309. The number of hydrogen-bond donors (Lipinski definition) is 3. The fourth-order valence-electron chi connectivity index (χ4n) is 2.62. The molecule has 0 aliphatic carbocycles. The number of para-hydroxylation sites is 1. The highest BCUT2D eigenvalue weighted by Gasteiger charge is 2.13. The summed E-state index contributed by atoms with van der Waals surface area (Å²) in [5, 5.41) is 3.40. The Hall–Kier alpha value is -2.14. The summed E-state index contributed by atoms with van der Waals surface area (Å²) in [4.78, 5) is 29.1. The molecule has 0 fully saturated rings. The molecule has 1 heterocycles. The molecule has 2 rings (SSSR count). The first-order valence-electron chi connectivity index (χ1n) is 7.81. The average molecular weight is 302 g/mol. The molecule has 1 aromatic heterocycles. The van der Waals surface area contributed by atoms with Gasteiger partial charge < -0.3 is 15.2 Å². The summed E-state index contributed by atoms with van der Waals surface area (Å²) in [6, 6.07) is 5.52. The van der Waals surface area contributed by atoms with Crippen molar-refractivity contribution in [1.82, 2.24) is 10.3 Å². The number of H-pyrrole nitrogens is 1. The van der Waals surface area contributed by atoms with E-state index in [4.69, 9.17) is 0 Å². The predicted molar refractivity (Wildman–Crippen MR) is 88.6 cm³/mol. The number of benzene rings is 1. The van der Waals surface area contributed by atoms with Crippen LogP contribution < -0.4 is 15.6 Å². The zero-order valence-corrected chi connectivity index (χ0v) is 13.5. The number of fused-ring (bicyclic) bond motifs is 1. The van der Waals surface area contributed by atoms with Crippen molar-refractivity contribution in [3.05, 3.63) is 45.7 Å². The molecule has 5 heteroatoms. The quantitative estimate of drug-likeness (QED) is 0.727. The van der Waals surface area contributed by atoms with Crippen molar-refractivity contribution < 1.29 is 9.69 Å². The summed E-state index contributed by atoms with van der Waals surface area (Å²) in [6.07, 6.45) is 1.51. The lowest BCUT2D eigenvalue weighted by atomic mass is 10.1. The lowest BCUT2D eigenvalue weighted by Gasteiger charge is -2.15. The number of rotatable bonds is 6. The second-order valence-corrected chi connectivity index (χ2v) is 5.49. The van der Waals surface area contributed by atoms with Crippen LogP contribution in [-0.4, -0.2) is 37.1 Å². The first-order chi connectivity index (χ1) is 10.6. The zero-order valence-electron chi connectivity index (χ0n) is 13.5. The van der Waals surface area contributed by atoms with Crippen molar-refractivity contribution >= 4 is 16.8 Å². The lowest BCUT2D eigenvalue weighted by molar-refractivity contribution is -0.895. The monoisotopic (exact) mass is 302 g/mol. The second kappa shape index (κ2) is 7.22. The van der Waals surface area contributed by atoms with E-state index in [1.165, 1.54) is 11.1 Å². The fraction of sp³-hybridized carbons (Fsp3) is 0.412. The Bertz CT molecular complexity index is 717. The number of likely N-dealkylation sites (N-methyl/N-ethyl adjacent to an activating group) is 1. The molecule has 1 aromatic carbocycles. The number of carbonyl (C=O) groups is 1. The van der Waals surface area contributed by atoms with Crippen LogP contribution in [-0.2, 0) is 0 Å². The van der Waals surface area contributed by atoms with E-state index in [1.807, 2.05) is 19.1 Å². The van der Waals surface area contributed by atoms with Crippen LogP contribution in [0.1, 0.15) is 29.8 Å². The van der Waals surface area contributed by atoms with E-state index in [0.29, 0.717) is 11.9 Å². The molecule has 22 heavy (non-hydrogen) atoms. The molecule has 0 atom stereocenters. The summed E-state index contributed by atoms with van der Waals surface area (Å²) >= 11 is 0. The Morgan fingerprint density at radius 1 is 1.27 bits per heavy atom. The van der Waals surface area contributed by atoms with Gasteiger partial charge >= 0.3 is 0 Å². The Balaban J connectivity index is 2.16. The highest BCUT2D eigenvalue weighted by Crippen LogP contribution is 2.12. The van der Waals surface area contributed by atoms with Crippen molar-refractivity contribution in [2.75, 3.05) is 26.2 Å². The molecule has 5 nitrogen and oxygen atoms in total. The number of hydrogen-bond acceptors (Lipinski definition) is 2. The van der Waals surface area contributed by atoms with Crippen LogP contribution in [0.4, 0.5) is 0 Å². The van der Waals surface area contributed by atoms with Gasteiger partial charge in [-0.2, -0.15) is 0 Å². The minimum atomic E-state index is -0.309.